The van der Waals surface area contributed by atoms with E-state index >= 15 is 0 Å². The molecular weight excluding hydrogens is 1450 g/mol. The number of carboxylic acid groups (broad SMARTS) is 1. The van der Waals surface area contributed by atoms with Gasteiger partial charge in [0, 0.05) is 74.1 Å². The van der Waals surface area contributed by atoms with Crippen molar-refractivity contribution in [2.45, 2.75) is 112 Å². The van der Waals surface area contributed by atoms with Gasteiger partial charge in [0.2, 0.25) is 0 Å². The molecule has 24 heteroatoms. The average molecular weight is 1550 g/mol. The van der Waals surface area contributed by atoms with Gasteiger partial charge in [0.15, 0.2) is 0 Å². The first kappa shape index (κ1) is 84.4. The van der Waals surface area contributed by atoms with Crippen LogP contribution in [0.15, 0.2) is 231 Å². The highest BCUT2D eigenvalue weighted by atomic mass is 16.4. The lowest BCUT2D eigenvalue weighted by Gasteiger charge is -2.23. The number of hydrogen-bond acceptors (Lipinski definition) is 15. The third kappa shape index (κ3) is 22.9. The van der Waals surface area contributed by atoms with E-state index in [1.807, 2.05) is 91.0 Å². The van der Waals surface area contributed by atoms with Crippen LogP contribution in [0.1, 0.15) is 146 Å². The Hall–Kier alpha value is -13.1. The number of carbonyl (C=O) groups is 8. The second-order valence-electron chi connectivity index (χ2n) is 27.9. The molecule has 0 saturated carbocycles. The number of rotatable bonds is 27. The predicted molar refractivity (Wildman–Crippen MR) is 452 cm³/mol. The molecule has 2 aromatic heterocycles. The van der Waals surface area contributed by atoms with E-state index in [0.717, 1.165) is 87.9 Å². The summed E-state index contributed by atoms with van der Waals surface area (Å²) in [7, 11) is 0. The van der Waals surface area contributed by atoms with Gasteiger partial charge >= 0.3 is 24.1 Å². The van der Waals surface area contributed by atoms with Crippen LogP contribution in [0.5, 0.6) is 0 Å². The maximum absolute atomic E-state index is 13.0. The molecule has 2 fully saturated rings. The predicted octanol–water partition coefficient (Wildman–Crippen LogP) is 14.8. The Balaban J connectivity index is 0.000000161. The molecule has 14 rings (SSSR count). The molecule has 0 bridgehead atoms. The molecule has 9 N–H and O–H groups in total. The minimum atomic E-state index is -0.815. The van der Waals surface area contributed by atoms with E-state index in [-0.39, 0.29) is 80.3 Å². The minimum Gasteiger partial charge on any atom is -0.481 e. The van der Waals surface area contributed by atoms with Crippen LogP contribution in [0.4, 0.5) is 60.1 Å². The first-order valence-corrected chi connectivity index (χ1v) is 39.1. The number of nitrogens with zero attached hydrogens (tertiary/aromatic N) is 9. The van der Waals surface area contributed by atoms with Crippen LogP contribution in [-0.4, -0.2) is 135 Å². The summed E-state index contributed by atoms with van der Waals surface area (Å²) in [5, 5.41) is 32.8. The molecule has 4 aliphatic heterocycles. The number of pyridine rings is 2. The van der Waals surface area contributed by atoms with Gasteiger partial charge in [-0.15, -0.1) is 0 Å². The summed E-state index contributed by atoms with van der Waals surface area (Å²) in [6.07, 6.45) is 9.38. The van der Waals surface area contributed by atoms with Crippen LogP contribution in [-0.2, 0) is 56.5 Å². The molecule has 0 radical (unpaired) electrons. The summed E-state index contributed by atoms with van der Waals surface area (Å²) in [5.74, 6) is -1.58. The van der Waals surface area contributed by atoms with Crippen molar-refractivity contribution in [3.8, 4) is 0 Å². The Bertz CT molecular complexity index is 4880. The van der Waals surface area contributed by atoms with Gasteiger partial charge in [-0.05, 0) is 187 Å². The van der Waals surface area contributed by atoms with Crippen molar-refractivity contribution in [3.63, 3.8) is 0 Å². The van der Waals surface area contributed by atoms with E-state index in [2.05, 4.69) is 96.8 Å². The van der Waals surface area contributed by atoms with Crippen molar-refractivity contribution >= 4 is 93.5 Å². The number of benzene rings is 8. The number of aliphatic hydroxyl groups excluding tert-OH is 2. The molecule has 10 amide bonds. The normalized spacial score (nSPS) is 13.2. The Morgan fingerprint density at radius 1 is 0.443 bits per heavy atom. The molecule has 2 saturated heterocycles. The van der Waals surface area contributed by atoms with Gasteiger partial charge in [0.05, 0.1) is 72.2 Å². The lowest BCUT2D eigenvalue weighted by atomic mass is 10.1. The molecule has 0 aliphatic carbocycles. The number of aliphatic hydroxyl groups is 2. The number of hydrogen-bond donors (Lipinski definition) is 7. The number of aryl methyl sites for hydroxylation is 5. The van der Waals surface area contributed by atoms with Crippen LogP contribution < -0.4 is 46.6 Å². The number of aliphatic carboxylic acids is 1. The zero-order chi connectivity index (χ0) is 81.8. The molecule has 115 heavy (non-hydrogen) atoms. The van der Waals surface area contributed by atoms with Gasteiger partial charge in [-0.1, -0.05) is 163 Å². The highest BCUT2D eigenvalue weighted by molar-refractivity contribution is 6.35. The topological polar surface area (TPSA) is 322 Å². The van der Waals surface area contributed by atoms with Crippen molar-refractivity contribution < 1.29 is 53.7 Å². The number of carboxylic acids is 1. The third-order valence-corrected chi connectivity index (χ3v) is 19.4. The quantitative estimate of drug-likeness (QED) is 0.0186. The summed E-state index contributed by atoms with van der Waals surface area (Å²) in [6.45, 7) is 12.7. The van der Waals surface area contributed by atoms with E-state index in [4.69, 9.17) is 21.7 Å². The highest BCUT2D eigenvalue weighted by Gasteiger charge is 2.39. The number of aromatic nitrogens is 2. The fourth-order valence-corrected chi connectivity index (χ4v) is 13.5. The van der Waals surface area contributed by atoms with Crippen molar-refractivity contribution in [1.82, 2.24) is 25.1 Å². The Labute approximate surface area is 671 Å². The number of anilines is 8. The molecule has 4 aliphatic rings. The third-order valence-electron chi connectivity index (χ3n) is 19.4. The van der Waals surface area contributed by atoms with Crippen molar-refractivity contribution in [2.75, 3.05) is 93.8 Å². The molecule has 596 valence electrons. The molecule has 6 heterocycles. The molecule has 8 aromatic carbocycles. The fraction of sp³-hybridized carbons (Fsp3) is 0.275. The second kappa shape index (κ2) is 42.0. The number of nitrogens with one attached hydrogen (secondary N) is 2. The molecule has 24 nitrogen and oxygen atoms in total. The fourth-order valence-electron chi connectivity index (χ4n) is 13.5. The van der Waals surface area contributed by atoms with E-state index in [0.29, 0.717) is 97.4 Å². The molecule has 10 aromatic rings. The summed E-state index contributed by atoms with van der Waals surface area (Å²) in [4.78, 5) is 120. The van der Waals surface area contributed by atoms with Crippen molar-refractivity contribution in [3.05, 3.63) is 298 Å². The number of fused-ring (bicyclic) bond motifs is 2. The SMILES string of the molecule is CCCc1ccc(N(CCO)C(=O)NCc2cccc(N3C(=O)c4ccccc4C3=O)c2)cc1.CCCc1ccc(N)cc1.CCCc1ccc(N2CCN(Cc3cccc(N4C(=O)c5ccccc5C4=O)n3)C2=O)cc1.CCCc1ccc(NCCO)cc1.Nc1cccc(CN2CCN(c3ccc(CCC(=O)O)cc3)C2=O)n1. The number of imide groups is 2. The summed E-state index contributed by atoms with van der Waals surface area (Å²) in [6, 6.07) is 70.3. The van der Waals surface area contributed by atoms with E-state index in [9.17, 15) is 43.5 Å². The van der Waals surface area contributed by atoms with Crippen LogP contribution in [0.25, 0.3) is 0 Å². The van der Waals surface area contributed by atoms with E-state index < -0.39 is 5.97 Å². The Kier molecular flexibility index (Phi) is 30.8. The Morgan fingerprint density at radius 2 is 0.878 bits per heavy atom. The maximum Gasteiger partial charge on any atom is 0.324 e. The van der Waals surface area contributed by atoms with Gasteiger partial charge < -0.3 is 47.2 Å². The smallest absolute Gasteiger partial charge is 0.324 e. The summed E-state index contributed by atoms with van der Waals surface area (Å²) < 4.78 is 0. The number of amides is 10. The van der Waals surface area contributed by atoms with Crippen LogP contribution in [0.2, 0.25) is 0 Å². The van der Waals surface area contributed by atoms with Crippen LogP contribution in [0.3, 0.4) is 0 Å². The lowest BCUT2D eigenvalue weighted by molar-refractivity contribution is -0.137. The number of nitrogens with two attached hydrogens (primary N) is 2. The first-order chi connectivity index (χ1) is 55.8. The number of nitrogen functional groups attached to an aromatic ring is 2. The van der Waals surface area contributed by atoms with Gasteiger partial charge in [0.1, 0.15) is 11.6 Å². The van der Waals surface area contributed by atoms with Crippen molar-refractivity contribution in [1.29, 1.82) is 0 Å². The van der Waals surface area contributed by atoms with E-state index in [1.54, 1.807) is 111 Å². The van der Waals surface area contributed by atoms with Crippen LogP contribution >= 0.6 is 0 Å². The number of urea groups is 3. The van der Waals surface area contributed by atoms with Gasteiger partial charge in [0.25, 0.3) is 23.6 Å². The van der Waals surface area contributed by atoms with Crippen LogP contribution in [0, 0.1) is 0 Å². The first-order valence-electron chi connectivity index (χ1n) is 39.1. The molecule has 0 atom stereocenters. The summed E-state index contributed by atoms with van der Waals surface area (Å²) in [5.41, 5.74) is 25.8. The molecular formula is C91H101N13O11. The summed E-state index contributed by atoms with van der Waals surface area (Å²) >= 11 is 0. The Morgan fingerprint density at radius 3 is 1.34 bits per heavy atom. The zero-order valence-electron chi connectivity index (χ0n) is 65.6. The molecule has 0 spiro atoms. The average Bonchev–Trinajstić information content (AvgIpc) is 1.63. The monoisotopic (exact) mass is 1550 g/mol. The maximum atomic E-state index is 13.0. The second-order valence-corrected chi connectivity index (χ2v) is 27.9. The minimum absolute atomic E-state index is 0.0671. The zero-order valence-corrected chi connectivity index (χ0v) is 65.6. The van der Waals surface area contributed by atoms with E-state index in [1.165, 1.54) is 40.0 Å². The standard InChI is InChI=1S/C27H27N3O4.C26H24N4O3.C18H20N4O3.C11H17NO.C9H13N/c1-2-6-19-11-13-21(14-12-19)29(15-16-31)27(34)28-18-20-7-5-8-22(17-20)30-25(32)23-9-3-4-10-24(23)26(30)33;1-2-6-18-11-13-20(14-12-18)29-16-15-28(26(29)33)17-19-7-5-10-23(27-19)30-24(31)21-8-3-4-9-22(21)25(30)32;19-16-3-1-2-14(20-16)12-21-10-11-22(18(21)25)15-7-4-13(5-8-15)6-9-17(23)24;1-2-3-10-4-6-11(7-5-10)12-8-9-13;1-2-3-8-4-6-9(10)7-5-8/h3-5,7-14,17,31H,2,6,15-16,18H2,1H3,(H,28,34);3-5,7-14H,2,6,15-17H2,1H3;1-5,7-8H,6,9-12H2,(H2,19,20)(H,23,24);4-7,12-13H,2-3,8-9H2,1H3;4-7H,2-3,10H2,1H3. The lowest BCUT2D eigenvalue weighted by Crippen LogP contribution is -2.41. The number of carbonyl (C=O) groups excluding carboxylic acids is 7. The van der Waals surface area contributed by atoms with Gasteiger partial charge in [-0.3, -0.25) is 38.7 Å². The molecule has 0 unspecified atom stereocenters. The van der Waals surface area contributed by atoms with Gasteiger partial charge in [-0.2, -0.15) is 0 Å². The van der Waals surface area contributed by atoms with Crippen molar-refractivity contribution in [2.24, 2.45) is 0 Å². The van der Waals surface area contributed by atoms with Gasteiger partial charge in [-0.25, -0.2) is 34.2 Å². The highest BCUT2D eigenvalue weighted by Crippen LogP contribution is 2.32. The largest absolute Gasteiger partial charge is 0.481 e.